The Morgan fingerprint density at radius 2 is 2.14 bits per heavy atom. The van der Waals surface area contributed by atoms with Gasteiger partial charge in [-0.05, 0) is 36.7 Å². The molecule has 1 amide bonds. The van der Waals surface area contributed by atoms with E-state index in [2.05, 4.69) is 49.1 Å². The smallest absolute Gasteiger partial charge is 0.410 e. The Morgan fingerprint density at radius 3 is 2.81 bits per heavy atom. The van der Waals surface area contributed by atoms with Crippen LogP contribution in [0.1, 0.15) is 19.4 Å². The van der Waals surface area contributed by atoms with Crippen LogP contribution in [0.4, 0.5) is 10.5 Å². The minimum Gasteiger partial charge on any atom is -0.410 e. The van der Waals surface area contributed by atoms with Crippen LogP contribution < -0.4 is 15.0 Å². The predicted molar refractivity (Wildman–Crippen MR) is 82.9 cm³/mol. The fourth-order valence-corrected chi connectivity index (χ4v) is 4.14. The SMILES string of the molecule is CNC(=O)Oc1ccc2c(c1)C1(C)C(C)CN(C)C1N2C. The molecular formula is C16H23N3O2. The van der Waals surface area contributed by atoms with Gasteiger partial charge in [-0.25, -0.2) is 4.79 Å². The summed E-state index contributed by atoms with van der Waals surface area (Å²) in [5, 5.41) is 2.48. The van der Waals surface area contributed by atoms with Gasteiger partial charge in [0, 0.05) is 31.7 Å². The monoisotopic (exact) mass is 289 g/mol. The average molecular weight is 289 g/mol. The van der Waals surface area contributed by atoms with Gasteiger partial charge in [-0.15, -0.1) is 0 Å². The molecule has 1 N–H and O–H groups in total. The fraction of sp³-hybridized carbons (Fsp3) is 0.562. The van der Waals surface area contributed by atoms with Gasteiger partial charge in [0.2, 0.25) is 0 Å². The molecule has 2 aliphatic heterocycles. The summed E-state index contributed by atoms with van der Waals surface area (Å²) in [5.74, 6) is 1.15. The molecule has 2 heterocycles. The maximum absolute atomic E-state index is 11.4. The number of fused-ring (bicyclic) bond motifs is 3. The van der Waals surface area contributed by atoms with Gasteiger partial charge in [-0.1, -0.05) is 13.8 Å². The van der Waals surface area contributed by atoms with E-state index in [1.807, 2.05) is 12.1 Å². The van der Waals surface area contributed by atoms with Crippen molar-refractivity contribution in [3.05, 3.63) is 23.8 Å². The molecule has 3 rings (SSSR count). The lowest BCUT2D eigenvalue weighted by Crippen LogP contribution is -2.46. The zero-order chi connectivity index (χ0) is 15.4. The summed E-state index contributed by atoms with van der Waals surface area (Å²) in [7, 11) is 5.88. The number of nitrogens with one attached hydrogen (secondary N) is 1. The van der Waals surface area contributed by atoms with Crippen molar-refractivity contribution in [1.82, 2.24) is 10.2 Å². The Hall–Kier alpha value is -1.75. The first-order valence-electron chi connectivity index (χ1n) is 7.36. The summed E-state index contributed by atoms with van der Waals surface area (Å²) in [6.07, 6.45) is -0.0719. The van der Waals surface area contributed by atoms with Gasteiger partial charge in [0.1, 0.15) is 5.75 Å². The fourth-order valence-electron chi connectivity index (χ4n) is 4.14. The van der Waals surface area contributed by atoms with Crippen LogP contribution in [-0.4, -0.2) is 44.8 Å². The van der Waals surface area contributed by atoms with Gasteiger partial charge in [0.25, 0.3) is 0 Å². The molecule has 0 aliphatic carbocycles. The second-order valence-corrected chi connectivity index (χ2v) is 6.43. The number of hydrogen-bond acceptors (Lipinski definition) is 4. The Bertz CT molecular complexity index is 589. The van der Waals surface area contributed by atoms with Gasteiger partial charge >= 0.3 is 6.09 Å². The van der Waals surface area contributed by atoms with Gasteiger partial charge in [-0.3, -0.25) is 4.90 Å². The Morgan fingerprint density at radius 1 is 1.43 bits per heavy atom. The number of likely N-dealkylation sites (N-methyl/N-ethyl adjacent to an activating group) is 2. The second kappa shape index (κ2) is 4.63. The minimum absolute atomic E-state index is 0.0564. The van der Waals surface area contributed by atoms with Crippen LogP contribution in [0.5, 0.6) is 5.75 Å². The predicted octanol–water partition coefficient (Wildman–Crippen LogP) is 2.02. The topological polar surface area (TPSA) is 44.8 Å². The molecule has 0 radical (unpaired) electrons. The third kappa shape index (κ3) is 1.83. The van der Waals surface area contributed by atoms with Crippen LogP contribution in [0.25, 0.3) is 0 Å². The third-order valence-electron chi connectivity index (χ3n) is 5.25. The first kappa shape index (κ1) is 14.2. The lowest BCUT2D eigenvalue weighted by molar-refractivity contribution is 0.203. The van der Waals surface area contributed by atoms with Gasteiger partial charge < -0.3 is 15.0 Å². The van der Waals surface area contributed by atoms with E-state index in [0.29, 0.717) is 17.8 Å². The maximum atomic E-state index is 11.4. The molecule has 0 spiro atoms. The van der Waals surface area contributed by atoms with Crippen molar-refractivity contribution in [3.8, 4) is 5.75 Å². The summed E-state index contributed by atoms with van der Waals surface area (Å²) < 4.78 is 5.30. The Kier molecular flexibility index (Phi) is 3.13. The van der Waals surface area contributed by atoms with E-state index in [0.717, 1.165) is 6.54 Å². The standard InChI is InChI=1S/C16H23N3O2/c1-10-9-18(4)14-16(10,2)12-8-11(21-15(20)17-3)6-7-13(12)19(14)5/h6-8,10,14H,9H2,1-5H3,(H,17,20). The molecule has 3 atom stereocenters. The van der Waals surface area contributed by atoms with Crippen molar-refractivity contribution in [1.29, 1.82) is 0 Å². The summed E-state index contributed by atoms with van der Waals surface area (Å²) in [6.45, 7) is 5.69. The number of amides is 1. The summed E-state index contributed by atoms with van der Waals surface area (Å²) in [6, 6.07) is 5.94. The highest BCUT2D eigenvalue weighted by Gasteiger charge is 2.56. The number of likely N-dealkylation sites (tertiary alicyclic amines) is 1. The quantitative estimate of drug-likeness (QED) is 0.859. The summed E-state index contributed by atoms with van der Waals surface area (Å²) in [5.41, 5.74) is 2.55. The normalized spacial score (nSPS) is 31.0. The van der Waals surface area contributed by atoms with Crippen molar-refractivity contribution in [2.45, 2.75) is 25.4 Å². The van der Waals surface area contributed by atoms with Crippen LogP contribution in [0.2, 0.25) is 0 Å². The molecule has 1 aromatic carbocycles. The Labute approximate surface area is 125 Å². The van der Waals surface area contributed by atoms with E-state index in [-0.39, 0.29) is 5.41 Å². The summed E-state index contributed by atoms with van der Waals surface area (Å²) >= 11 is 0. The number of nitrogens with zero attached hydrogens (tertiary/aromatic N) is 2. The van der Waals surface area contributed by atoms with Gasteiger partial charge in [0.05, 0.1) is 6.17 Å². The lowest BCUT2D eigenvalue weighted by Gasteiger charge is -2.33. The third-order valence-corrected chi connectivity index (χ3v) is 5.25. The van der Waals surface area contributed by atoms with Crippen LogP contribution in [-0.2, 0) is 5.41 Å². The van der Waals surface area contributed by atoms with Gasteiger partial charge in [-0.2, -0.15) is 0 Å². The minimum atomic E-state index is -0.431. The molecule has 0 bridgehead atoms. The van der Waals surface area contributed by atoms with Crippen molar-refractivity contribution in [3.63, 3.8) is 0 Å². The summed E-state index contributed by atoms with van der Waals surface area (Å²) in [4.78, 5) is 16.2. The number of carbonyl (C=O) groups is 1. The number of ether oxygens (including phenoxy) is 1. The molecule has 2 aliphatic rings. The maximum Gasteiger partial charge on any atom is 0.412 e. The molecule has 3 unspecified atom stereocenters. The first-order chi connectivity index (χ1) is 9.89. The van der Waals surface area contributed by atoms with Crippen LogP contribution in [0.3, 0.4) is 0 Å². The number of benzene rings is 1. The lowest BCUT2D eigenvalue weighted by atomic mass is 9.74. The van der Waals surface area contributed by atoms with E-state index in [9.17, 15) is 4.79 Å². The zero-order valence-electron chi connectivity index (χ0n) is 13.3. The van der Waals surface area contributed by atoms with Crippen LogP contribution in [0, 0.1) is 5.92 Å². The Balaban J connectivity index is 2.05. The number of anilines is 1. The van der Waals surface area contributed by atoms with E-state index >= 15 is 0 Å². The van der Waals surface area contributed by atoms with E-state index in [1.165, 1.54) is 11.3 Å². The number of rotatable bonds is 1. The highest BCUT2D eigenvalue weighted by atomic mass is 16.5. The van der Waals surface area contributed by atoms with E-state index in [1.54, 1.807) is 7.05 Å². The molecule has 0 saturated carbocycles. The highest BCUT2D eigenvalue weighted by molar-refractivity contribution is 5.72. The number of hydrogen-bond donors (Lipinski definition) is 1. The molecule has 5 nitrogen and oxygen atoms in total. The van der Waals surface area contributed by atoms with Crippen LogP contribution >= 0.6 is 0 Å². The van der Waals surface area contributed by atoms with Crippen LogP contribution in [0.15, 0.2) is 18.2 Å². The molecule has 1 saturated heterocycles. The molecule has 1 fully saturated rings. The van der Waals surface area contributed by atoms with Gasteiger partial charge in [0.15, 0.2) is 0 Å². The molecule has 114 valence electrons. The molecule has 5 heteroatoms. The highest BCUT2D eigenvalue weighted by Crippen LogP contribution is 2.54. The first-order valence-corrected chi connectivity index (χ1v) is 7.36. The molecular weight excluding hydrogens is 266 g/mol. The van der Waals surface area contributed by atoms with Crippen molar-refractivity contribution >= 4 is 11.8 Å². The molecule has 21 heavy (non-hydrogen) atoms. The molecule has 0 aromatic heterocycles. The van der Waals surface area contributed by atoms with Crippen molar-refractivity contribution in [2.75, 3.05) is 32.6 Å². The average Bonchev–Trinajstić information content (AvgIpc) is 2.81. The molecule has 1 aromatic rings. The van der Waals surface area contributed by atoms with E-state index in [4.69, 9.17) is 4.74 Å². The zero-order valence-corrected chi connectivity index (χ0v) is 13.3. The largest absolute Gasteiger partial charge is 0.412 e. The van der Waals surface area contributed by atoms with Crippen molar-refractivity contribution < 1.29 is 9.53 Å². The van der Waals surface area contributed by atoms with E-state index < -0.39 is 6.09 Å². The number of carbonyl (C=O) groups excluding carboxylic acids is 1. The van der Waals surface area contributed by atoms with Crippen molar-refractivity contribution in [2.24, 2.45) is 5.92 Å². The second-order valence-electron chi connectivity index (χ2n) is 6.43.